The molecule has 1 N–H and O–H groups in total. The van der Waals surface area contributed by atoms with Crippen molar-refractivity contribution in [1.82, 2.24) is 15.2 Å². The molecule has 0 bridgehead atoms. The zero-order chi connectivity index (χ0) is 18.1. The lowest BCUT2D eigenvalue weighted by atomic mass is 10.1. The van der Waals surface area contributed by atoms with Crippen molar-refractivity contribution in [1.29, 1.82) is 0 Å². The molecule has 2 heterocycles. The topological polar surface area (TPSA) is 58.4 Å². The molecule has 3 aromatic rings. The number of nitrogens with one attached hydrogen (secondary N) is 1. The Morgan fingerprint density at radius 1 is 1.27 bits per heavy atom. The summed E-state index contributed by atoms with van der Waals surface area (Å²) in [5, 5.41) is 5.39. The molecule has 1 amide bonds. The van der Waals surface area contributed by atoms with Crippen molar-refractivity contribution in [3.63, 3.8) is 0 Å². The Bertz CT molecular complexity index is 947. The molecule has 1 fully saturated rings. The molecular weight excluding hydrogens is 326 g/mol. The summed E-state index contributed by atoms with van der Waals surface area (Å²) in [6.07, 6.45) is 0.980. The van der Waals surface area contributed by atoms with E-state index < -0.39 is 0 Å². The number of fused-ring (bicyclic) bond motifs is 1. The minimum atomic E-state index is 0.0352. The summed E-state index contributed by atoms with van der Waals surface area (Å²) in [6, 6.07) is 14.8. The third kappa shape index (κ3) is 3.48. The van der Waals surface area contributed by atoms with Crippen molar-refractivity contribution in [3.05, 3.63) is 53.9 Å². The minimum absolute atomic E-state index is 0.0352. The number of rotatable bonds is 4. The number of aryl methyl sites for hydroxylation is 1. The maximum absolute atomic E-state index is 11.2. The van der Waals surface area contributed by atoms with E-state index >= 15 is 0 Å². The van der Waals surface area contributed by atoms with Gasteiger partial charge in [0.2, 0.25) is 11.8 Å². The van der Waals surface area contributed by atoms with Crippen LogP contribution in [0, 0.1) is 6.92 Å². The van der Waals surface area contributed by atoms with Gasteiger partial charge in [-0.1, -0.05) is 30.3 Å². The normalized spacial score (nSPS) is 17.7. The van der Waals surface area contributed by atoms with Crippen molar-refractivity contribution in [2.45, 2.75) is 32.9 Å². The van der Waals surface area contributed by atoms with Gasteiger partial charge in [0.05, 0.1) is 5.69 Å². The maximum Gasteiger partial charge on any atom is 0.226 e. The monoisotopic (exact) mass is 349 g/mol. The maximum atomic E-state index is 11.2. The lowest BCUT2D eigenvalue weighted by molar-refractivity contribution is -0.119. The number of hydrogen-bond acceptors (Lipinski definition) is 4. The lowest BCUT2D eigenvalue weighted by Crippen LogP contribution is -2.35. The van der Waals surface area contributed by atoms with E-state index in [-0.39, 0.29) is 11.9 Å². The smallest absolute Gasteiger partial charge is 0.226 e. The molecule has 0 unspecified atom stereocenters. The van der Waals surface area contributed by atoms with Gasteiger partial charge < -0.3 is 9.73 Å². The fourth-order valence-corrected chi connectivity index (χ4v) is 3.61. The molecule has 1 aliphatic rings. The Balaban J connectivity index is 1.51. The first kappa shape index (κ1) is 16.8. The molecule has 1 aromatic heterocycles. The summed E-state index contributed by atoms with van der Waals surface area (Å²) < 4.78 is 5.94. The highest BCUT2D eigenvalue weighted by molar-refractivity contribution is 5.86. The Morgan fingerprint density at radius 2 is 2.08 bits per heavy atom. The van der Waals surface area contributed by atoms with E-state index in [4.69, 9.17) is 9.40 Å². The average molecular weight is 349 g/mol. The van der Waals surface area contributed by atoms with Crippen LogP contribution >= 0.6 is 0 Å². The molecule has 1 atom stereocenters. The summed E-state index contributed by atoms with van der Waals surface area (Å²) in [7, 11) is 0. The Labute approximate surface area is 153 Å². The molecule has 134 valence electrons. The summed E-state index contributed by atoms with van der Waals surface area (Å²) >= 11 is 0. The number of aromatic nitrogens is 1. The second-order valence-electron chi connectivity index (χ2n) is 7.01. The van der Waals surface area contributed by atoms with E-state index in [9.17, 15) is 4.79 Å². The molecule has 0 aliphatic carbocycles. The minimum Gasteiger partial charge on any atom is -0.441 e. The van der Waals surface area contributed by atoms with Crippen LogP contribution in [0.4, 0.5) is 0 Å². The van der Waals surface area contributed by atoms with E-state index in [1.165, 1.54) is 10.8 Å². The first-order valence-electron chi connectivity index (χ1n) is 9.03. The number of carbonyl (C=O) groups excluding carboxylic acids is 1. The van der Waals surface area contributed by atoms with Gasteiger partial charge in [0, 0.05) is 38.2 Å². The number of oxazole rings is 1. The number of amides is 1. The van der Waals surface area contributed by atoms with Crippen LogP contribution in [0.2, 0.25) is 0 Å². The van der Waals surface area contributed by atoms with Crippen LogP contribution in [-0.2, 0) is 11.3 Å². The highest BCUT2D eigenvalue weighted by Gasteiger charge is 2.24. The predicted octanol–water partition coefficient (Wildman–Crippen LogP) is 3.51. The molecule has 5 nitrogen and oxygen atoms in total. The molecule has 26 heavy (non-hydrogen) atoms. The van der Waals surface area contributed by atoms with E-state index in [1.54, 1.807) is 6.92 Å². The molecule has 0 saturated carbocycles. The van der Waals surface area contributed by atoms with Gasteiger partial charge in [0.1, 0.15) is 5.76 Å². The Kier molecular flexibility index (Phi) is 4.47. The summed E-state index contributed by atoms with van der Waals surface area (Å²) in [6.45, 7) is 6.10. The van der Waals surface area contributed by atoms with Gasteiger partial charge in [-0.2, -0.15) is 0 Å². The molecule has 5 heteroatoms. The number of nitrogens with zero attached hydrogens (tertiary/aromatic N) is 2. The third-order valence-corrected chi connectivity index (χ3v) is 4.94. The largest absolute Gasteiger partial charge is 0.441 e. The van der Waals surface area contributed by atoms with Crippen molar-refractivity contribution >= 4 is 16.7 Å². The Morgan fingerprint density at radius 3 is 2.88 bits per heavy atom. The summed E-state index contributed by atoms with van der Waals surface area (Å²) in [5.41, 5.74) is 1.97. The zero-order valence-corrected chi connectivity index (χ0v) is 15.2. The standard InChI is InChI=1S/C21H23N3O2/c1-14-20(13-24-10-9-19(12-24)22-15(2)25)23-21(26-14)18-8-7-16-5-3-4-6-17(16)11-18/h3-8,11,19H,9-10,12-13H2,1-2H3,(H,22,25)/t19-/m0/s1. The number of carbonyl (C=O) groups is 1. The SMILES string of the molecule is CC(=O)N[C@H]1CCN(Cc2nc(-c3ccc4ccccc4c3)oc2C)C1. The second-order valence-corrected chi connectivity index (χ2v) is 7.01. The molecule has 1 saturated heterocycles. The van der Waals surface area contributed by atoms with E-state index in [0.717, 1.165) is 43.1 Å². The third-order valence-electron chi connectivity index (χ3n) is 4.94. The van der Waals surface area contributed by atoms with Gasteiger partial charge in [-0.15, -0.1) is 0 Å². The van der Waals surface area contributed by atoms with Crippen molar-refractivity contribution < 1.29 is 9.21 Å². The van der Waals surface area contributed by atoms with Crippen LogP contribution in [0.25, 0.3) is 22.2 Å². The number of benzene rings is 2. The van der Waals surface area contributed by atoms with Gasteiger partial charge in [0.15, 0.2) is 0 Å². The summed E-state index contributed by atoms with van der Waals surface area (Å²) in [4.78, 5) is 18.3. The summed E-state index contributed by atoms with van der Waals surface area (Å²) in [5.74, 6) is 1.56. The van der Waals surface area contributed by atoms with Crippen LogP contribution in [0.3, 0.4) is 0 Å². The molecule has 0 spiro atoms. The van der Waals surface area contributed by atoms with Crippen LogP contribution in [-0.4, -0.2) is 34.9 Å². The molecule has 4 rings (SSSR count). The molecule has 0 radical (unpaired) electrons. The fourth-order valence-electron chi connectivity index (χ4n) is 3.61. The first-order chi connectivity index (χ1) is 12.6. The van der Waals surface area contributed by atoms with E-state index in [2.05, 4.69) is 40.5 Å². The predicted molar refractivity (Wildman–Crippen MR) is 102 cm³/mol. The highest BCUT2D eigenvalue weighted by atomic mass is 16.4. The van der Waals surface area contributed by atoms with Crippen LogP contribution in [0.15, 0.2) is 46.9 Å². The number of likely N-dealkylation sites (tertiary alicyclic amines) is 1. The van der Waals surface area contributed by atoms with Crippen LogP contribution < -0.4 is 5.32 Å². The lowest BCUT2D eigenvalue weighted by Gasteiger charge is -2.15. The van der Waals surface area contributed by atoms with Gasteiger partial charge >= 0.3 is 0 Å². The highest BCUT2D eigenvalue weighted by Crippen LogP contribution is 2.26. The van der Waals surface area contributed by atoms with Gasteiger partial charge in [0.25, 0.3) is 0 Å². The van der Waals surface area contributed by atoms with E-state index in [0.29, 0.717) is 5.89 Å². The molecule has 1 aliphatic heterocycles. The Hall–Kier alpha value is -2.66. The van der Waals surface area contributed by atoms with Crippen LogP contribution in [0.5, 0.6) is 0 Å². The van der Waals surface area contributed by atoms with Crippen molar-refractivity contribution in [2.75, 3.05) is 13.1 Å². The zero-order valence-electron chi connectivity index (χ0n) is 15.2. The molecule has 2 aromatic carbocycles. The van der Waals surface area contributed by atoms with Crippen molar-refractivity contribution in [3.8, 4) is 11.5 Å². The number of hydrogen-bond donors (Lipinski definition) is 1. The van der Waals surface area contributed by atoms with E-state index in [1.807, 2.05) is 19.1 Å². The van der Waals surface area contributed by atoms with Gasteiger partial charge in [-0.05, 0) is 36.2 Å². The molecular formula is C21H23N3O2. The van der Waals surface area contributed by atoms with Crippen LogP contribution in [0.1, 0.15) is 24.8 Å². The van der Waals surface area contributed by atoms with Gasteiger partial charge in [-0.3, -0.25) is 9.69 Å². The fraction of sp³-hybridized carbons (Fsp3) is 0.333. The van der Waals surface area contributed by atoms with Crippen molar-refractivity contribution in [2.24, 2.45) is 0 Å². The second kappa shape index (κ2) is 6.92. The average Bonchev–Trinajstić information content (AvgIpc) is 3.21. The van der Waals surface area contributed by atoms with Gasteiger partial charge in [-0.25, -0.2) is 4.98 Å². The quantitative estimate of drug-likeness (QED) is 0.783. The first-order valence-corrected chi connectivity index (χ1v) is 9.03.